The minimum absolute atomic E-state index is 0.588. The van der Waals surface area contributed by atoms with Crippen molar-refractivity contribution in [3.05, 3.63) is 11.6 Å². The second-order valence-corrected chi connectivity index (χ2v) is 4.05. The molecule has 0 aromatic carbocycles. The second kappa shape index (κ2) is 4.09. The van der Waals surface area contributed by atoms with Crippen molar-refractivity contribution >= 4 is 0 Å². The van der Waals surface area contributed by atoms with Gasteiger partial charge in [-0.1, -0.05) is 6.42 Å². The number of hydrogen-bond acceptors (Lipinski definition) is 3. The fourth-order valence-electron chi connectivity index (χ4n) is 1.93. The molecule has 0 amide bonds. The van der Waals surface area contributed by atoms with E-state index in [1.54, 1.807) is 0 Å². The summed E-state index contributed by atoms with van der Waals surface area (Å²) in [6.07, 6.45) is 4.88. The minimum atomic E-state index is 0.588. The Labute approximate surface area is 84.7 Å². The van der Waals surface area contributed by atoms with E-state index in [9.17, 15) is 0 Å². The normalized spacial score (nSPS) is 22.6. The SMILES string of the molecule is Cc1nc(CC2CCCCN2)nn1C. The minimum Gasteiger partial charge on any atom is -0.314 e. The Morgan fingerprint density at radius 3 is 2.93 bits per heavy atom. The third-order valence-electron chi connectivity index (χ3n) is 2.87. The second-order valence-electron chi connectivity index (χ2n) is 4.05. The van der Waals surface area contributed by atoms with Gasteiger partial charge in [-0.05, 0) is 26.3 Å². The topological polar surface area (TPSA) is 42.7 Å². The van der Waals surface area contributed by atoms with E-state index in [2.05, 4.69) is 15.4 Å². The first-order valence-electron chi connectivity index (χ1n) is 5.35. The van der Waals surface area contributed by atoms with E-state index in [0.717, 1.165) is 24.6 Å². The van der Waals surface area contributed by atoms with Crippen LogP contribution in [0.4, 0.5) is 0 Å². The van der Waals surface area contributed by atoms with Gasteiger partial charge < -0.3 is 5.32 Å². The zero-order valence-corrected chi connectivity index (χ0v) is 8.95. The van der Waals surface area contributed by atoms with Crippen molar-refractivity contribution < 1.29 is 0 Å². The van der Waals surface area contributed by atoms with E-state index in [0.29, 0.717) is 6.04 Å². The van der Waals surface area contributed by atoms with Gasteiger partial charge in [0, 0.05) is 19.5 Å². The molecule has 0 aliphatic carbocycles. The molecule has 0 saturated carbocycles. The molecule has 0 radical (unpaired) electrons. The van der Waals surface area contributed by atoms with E-state index >= 15 is 0 Å². The first kappa shape index (κ1) is 9.65. The lowest BCUT2D eigenvalue weighted by Gasteiger charge is -2.21. The van der Waals surface area contributed by atoms with Crippen molar-refractivity contribution in [3.63, 3.8) is 0 Å². The zero-order valence-electron chi connectivity index (χ0n) is 8.95. The highest BCUT2D eigenvalue weighted by molar-refractivity contribution is 4.93. The van der Waals surface area contributed by atoms with Crippen LogP contribution in [-0.4, -0.2) is 27.4 Å². The first-order chi connectivity index (χ1) is 6.75. The fourth-order valence-corrected chi connectivity index (χ4v) is 1.93. The van der Waals surface area contributed by atoms with Crippen molar-refractivity contribution in [1.29, 1.82) is 0 Å². The summed E-state index contributed by atoms with van der Waals surface area (Å²) in [4.78, 5) is 4.42. The third-order valence-corrected chi connectivity index (χ3v) is 2.87. The number of nitrogens with one attached hydrogen (secondary N) is 1. The maximum atomic E-state index is 4.42. The van der Waals surface area contributed by atoms with Crippen molar-refractivity contribution in [2.45, 2.75) is 38.6 Å². The molecule has 78 valence electrons. The maximum Gasteiger partial charge on any atom is 0.152 e. The molecule has 0 spiro atoms. The number of aromatic nitrogens is 3. The first-order valence-corrected chi connectivity index (χ1v) is 5.35. The Hall–Kier alpha value is -0.900. The van der Waals surface area contributed by atoms with Crippen molar-refractivity contribution in [3.8, 4) is 0 Å². The van der Waals surface area contributed by atoms with Gasteiger partial charge in [-0.25, -0.2) is 4.98 Å². The van der Waals surface area contributed by atoms with Crippen LogP contribution in [0.5, 0.6) is 0 Å². The number of piperidine rings is 1. The highest BCUT2D eigenvalue weighted by Gasteiger charge is 2.15. The average Bonchev–Trinajstić information content (AvgIpc) is 2.47. The molecular formula is C10H18N4. The molecule has 1 unspecified atom stereocenters. The van der Waals surface area contributed by atoms with E-state index in [1.807, 2.05) is 18.7 Å². The monoisotopic (exact) mass is 194 g/mol. The molecule has 1 aromatic heterocycles. The van der Waals surface area contributed by atoms with E-state index < -0.39 is 0 Å². The smallest absolute Gasteiger partial charge is 0.152 e. The molecule has 1 N–H and O–H groups in total. The molecule has 1 saturated heterocycles. The molecular weight excluding hydrogens is 176 g/mol. The van der Waals surface area contributed by atoms with Crippen LogP contribution in [0.15, 0.2) is 0 Å². The van der Waals surface area contributed by atoms with Gasteiger partial charge in [-0.2, -0.15) is 5.10 Å². The Bertz CT molecular complexity index is 280. The summed E-state index contributed by atoms with van der Waals surface area (Å²) < 4.78 is 1.85. The molecule has 2 heterocycles. The van der Waals surface area contributed by atoms with Crippen LogP contribution in [0.25, 0.3) is 0 Å². The Morgan fingerprint density at radius 2 is 2.36 bits per heavy atom. The third kappa shape index (κ3) is 2.12. The number of nitrogens with zero attached hydrogens (tertiary/aromatic N) is 3. The number of hydrogen-bond donors (Lipinski definition) is 1. The molecule has 14 heavy (non-hydrogen) atoms. The zero-order chi connectivity index (χ0) is 9.97. The molecule has 1 fully saturated rings. The predicted molar refractivity (Wildman–Crippen MR) is 55.1 cm³/mol. The largest absolute Gasteiger partial charge is 0.314 e. The quantitative estimate of drug-likeness (QED) is 0.757. The van der Waals surface area contributed by atoms with Gasteiger partial charge in [0.15, 0.2) is 5.82 Å². The summed E-state index contributed by atoms with van der Waals surface area (Å²) >= 11 is 0. The fraction of sp³-hybridized carbons (Fsp3) is 0.800. The van der Waals surface area contributed by atoms with Crippen LogP contribution in [0, 0.1) is 6.92 Å². The van der Waals surface area contributed by atoms with Gasteiger partial charge >= 0.3 is 0 Å². The maximum absolute atomic E-state index is 4.42. The van der Waals surface area contributed by atoms with Gasteiger partial charge in [-0.15, -0.1) is 0 Å². The van der Waals surface area contributed by atoms with E-state index in [-0.39, 0.29) is 0 Å². The van der Waals surface area contributed by atoms with Gasteiger partial charge in [0.1, 0.15) is 5.82 Å². The van der Waals surface area contributed by atoms with Gasteiger partial charge in [-0.3, -0.25) is 4.68 Å². The number of aryl methyl sites for hydroxylation is 2. The lowest BCUT2D eigenvalue weighted by Crippen LogP contribution is -2.35. The average molecular weight is 194 g/mol. The van der Waals surface area contributed by atoms with Crippen molar-refractivity contribution in [2.24, 2.45) is 7.05 Å². The molecule has 2 rings (SSSR count). The molecule has 0 bridgehead atoms. The van der Waals surface area contributed by atoms with Crippen LogP contribution >= 0.6 is 0 Å². The molecule has 1 aliphatic rings. The lowest BCUT2D eigenvalue weighted by molar-refractivity contribution is 0.394. The highest BCUT2D eigenvalue weighted by atomic mass is 15.3. The van der Waals surface area contributed by atoms with Crippen LogP contribution < -0.4 is 5.32 Å². The number of rotatable bonds is 2. The van der Waals surface area contributed by atoms with E-state index in [1.165, 1.54) is 19.3 Å². The molecule has 1 aliphatic heterocycles. The molecule has 4 heteroatoms. The Kier molecular flexibility index (Phi) is 2.82. The summed E-state index contributed by atoms with van der Waals surface area (Å²) in [5.74, 6) is 1.97. The predicted octanol–water partition coefficient (Wildman–Crippen LogP) is 0.808. The van der Waals surface area contributed by atoms with Crippen LogP contribution in [0.3, 0.4) is 0 Å². The van der Waals surface area contributed by atoms with Gasteiger partial charge in [0.25, 0.3) is 0 Å². The van der Waals surface area contributed by atoms with Gasteiger partial charge in [0.05, 0.1) is 0 Å². The lowest BCUT2D eigenvalue weighted by atomic mass is 10.0. The summed E-state index contributed by atoms with van der Waals surface area (Å²) in [6.45, 7) is 3.14. The van der Waals surface area contributed by atoms with E-state index in [4.69, 9.17) is 0 Å². The Morgan fingerprint density at radius 1 is 1.50 bits per heavy atom. The van der Waals surface area contributed by atoms with Crippen molar-refractivity contribution in [1.82, 2.24) is 20.1 Å². The summed E-state index contributed by atoms with van der Waals surface area (Å²) in [5.41, 5.74) is 0. The van der Waals surface area contributed by atoms with Crippen LogP contribution in [-0.2, 0) is 13.5 Å². The molecule has 1 atom stereocenters. The molecule has 4 nitrogen and oxygen atoms in total. The standard InChI is InChI=1S/C10H18N4/c1-8-12-10(13-14(8)2)7-9-5-3-4-6-11-9/h9,11H,3-7H2,1-2H3. The van der Waals surface area contributed by atoms with Crippen molar-refractivity contribution in [2.75, 3.05) is 6.54 Å². The van der Waals surface area contributed by atoms with Crippen LogP contribution in [0.1, 0.15) is 30.9 Å². The summed E-state index contributed by atoms with van der Waals surface area (Å²) in [6, 6.07) is 0.588. The van der Waals surface area contributed by atoms with Gasteiger partial charge in [0.2, 0.25) is 0 Å². The van der Waals surface area contributed by atoms with Crippen LogP contribution in [0.2, 0.25) is 0 Å². The summed E-state index contributed by atoms with van der Waals surface area (Å²) in [5, 5.41) is 7.88. The highest BCUT2D eigenvalue weighted by Crippen LogP contribution is 2.10. The Balaban J connectivity index is 1.95. The molecule has 1 aromatic rings. The summed E-state index contributed by atoms with van der Waals surface area (Å²) in [7, 11) is 1.94.